The topological polar surface area (TPSA) is 90.4 Å². The van der Waals surface area contributed by atoms with E-state index in [-0.39, 0.29) is 18.3 Å². The number of nitrogens with one attached hydrogen (secondary N) is 1. The van der Waals surface area contributed by atoms with Crippen molar-refractivity contribution in [2.24, 2.45) is 0 Å². The van der Waals surface area contributed by atoms with Gasteiger partial charge in [-0.25, -0.2) is 4.98 Å². The SMILES string of the molecule is COc1cc(C(C)=O)ccc1OCC(=O)NCCCc1nc(-c2ccncc2)cs1. The number of ketones is 1. The molecule has 3 aromatic rings. The summed E-state index contributed by atoms with van der Waals surface area (Å²) in [6, 6.07) is 8.74. The Balaban J connectivity index is 1.40. The van der Waals surface area contributed by atoms with Crippen LogP contribution in [-0.2, 0) is 11.2 Å². The van der Waals surface area contributed by atoms with Gasteiger partial charge in [0.15, 0.2) is 23.9 Å². The molecule has 0 aliphatic rings. The zero-order chi connectivity index (χ0) is 21.3. The normalized spacial score (nSPS) is 10.5. The molecule has 0 radical (unpaired) electrons. The highest BCUT2D eigenvalue weighted by Gasteiger charge is 2.10. The van der Waals surface area contributed by atoms with E-state index in [1.165, 1.54) is 14.0 Å². The highest BCUT2D eigenvalue weighted by molar-refractivity contribution is 7.09. The number of nitrogens with zero attached hydrogens (tertiary/aromatic N) is 2. The zero-order valence-corrected chi connectivity index (χ0v) is 17.7. The van der Waals surface area contributed by atoms with Crippen molar-refractivity contribution in [3.05, 3.63) is 58.7 Å². The fourth-order valence-electron chi connectivity index (χ4n) is 2.75. The molecule has 0 saturated carbocycles. The number of ether oxygens (including phenoxy) is 2. The second-order valence-electron chi connectivity index (χ2n) is 6.53. The molecule has 2 aromatic heterocycles. The van der Waals surface area contributed by atoms with E-state index in [4.69, 9.17) is 9.47 Å². The van der Waals surface area contributed by atoms with Gasteiger partial charge in [-0.05, 0) is 43.7 Å². The second kappa shape index (κ2) is 10.5. The molecule has 2 heterocycles. The Morgan fingerprint density at radius 2 is 1.93 bits per heavy atom. The molecule has 0 aliphatic heterocycles. The molecular formula is C22H23N3O4S. The Labute approximate surface area is 179 Å². The van der Waals surface area contributed by atoms with Crippen LogP contribution in [0.3, 0.4) is 0 Å². The van der Waals surface area contributed by atoms with Gasteiger partial charge in [0.05, 0.1) is 17.8 Å². The Bertz CT molecular complexity index is 1000. The van der Waals surface area contributed by atoms with Crippen molar-refractivity contribution in [2.75, 3.05) is 20.3 Å². The third-order valence-electron chi connectivity index (χ3n) is 4.35. The van der Waals surface area contributed by atoms with Crippen LogP contribution < -0.4 is 14.8 Å². The van der Waals surface area contributed by atoms with Gasteiger partial charge in [-0.1, -0.05) is 0 Å². The summed E-state index contributed by atoms with van der Waals surface area (Å²) in [6.07, 6.45) is 5.07. The predicted octanol–water partition coefficient (Wildman–Crippen LogP) is 3.54. The fraction of sp³-hybridized carbons (Fsp3) is 0.273. The minimum absolute atomic E-state index is 0.0641. The van der Waals surface area contributed by atoms with Gasteiger partial charge in [0.1, 0.15) is 0 Å². The van der Waals surface area contributed by atoms with Crippen LogP contribution in [0.4, 0.5) is 0 Å². The average molecular weight is 426 g/mol. The molecule has 7 nitrogen and oxygen atoms in total. The first-order valence-electron chi connectivity index (χ1n) is 9.50. The number of hydrogen-bond donors (Lipinski definition) is 1. The number of Topliss-reactive ketones (excluding diaryl/α,β-unsaturated/α-hetero) is 1. The molecular weight excluding hydrogens is 402 g/mol. The molecule has 3 rings (SSSR count). The molecule has 0 spiro atoms. The third kappa shape index (κ3) is 5.87. The first-order valence-corrected chi connectivity index (χ1v) is 10.4. The molecule has 0 bridgehead atoms. The molecule has 0 atom stereocenters. The minimum atomic E-state index is -0.218. The van der Waals surface area contributed by atoms with Gasteiger partial charge in [-0.15, -0.1) is 11.3 Å². The van der Waals surface area contributed by atoms with Crippen LogP contribution in [0, 0.1) is 0 Å². The van der Waals surface area contributed by atoms with Crippen LogP contribution in [0.2, 0.25) is 0 Å². The standard InChI is InChI=1S/C22H23N3O4S/c1-15(26)17-5-6-19(20(12-17)28-2)29-13-21(27)24-9-3-4-22-25-18(14-30-22)16-7-10-23-11-8-16/h5-8,10-12,14H,3-4,9,13H2,1-2H3,(H,24,27). The molecule has 1 aromatic carbocycles. The van der Waals surface area contributed by atoms with E-state index < -0.39 is 0 Å². The van der Waals surface area contributed by atoms with Crippen molar-refractivity contribution in [3.8, 4) is 22.8 Å². The predicted molar refractivity (Wildman–Crippen MR) is 115 cm³/mol. The Kier molecular flexibility index (Phi) is 7.51. The van der Waals surface area contributed by atoms with E-state index in [0.717, 1.165) is 29.1 Å². The molecule has 0 saturated heterocycles. The van der Waals surface area contributed by atoms with Crippen LogP contribution in [0.1, 0.15) is 28.7 Å². The van der Waals surface area contributed by atoms with Gasteiger partial charge in [0.25, 0.3) is 5.91 Å². The van der Waals surface area contributed by atoms with Crippen LogP contribution in [0.25, 0.3) is 11.3 Å². The number of pyridine rings is 1. The van der Waals surface area contributed by atoms with Crippen molar-refractivity contribution in [3.63, 3.8) is 0 Å². The van der Waals surface area contributed by atoms with Crippen LogP contribution >= 0.6 is 11.3 Å². The number of carbonyl (C=O) groups is 2. The van der Waals surface area contributed by atoms with Crippen molar-refractivity contribution in [1.29, 1.82) is 0 Å². The lowest BCUT2D eigenvalue weighted by Crippen LogP contribution is -2.30. The van der Waals surface area contributed by atoms with E-state index in [1.54, 1.807) is 41.9 Å². The third-order valence-corrected chi connectivity index (χ3v) is 5.25. The summed E-state index contributed by atoms with van der Waals surface area (Å²) in [4.78, 5) is 32.1. The van der Waals surface area contributed by atoms with Crippen LogP contribution in [0.5, 0.6) is 11.5 Å². The summed E-state index contributed by atoms with van der Waals surface area (Å²) in [5.41, 5.74) is 2.52. The van der Waals surface area contributed by atoms with Gasteiger partial charge in [0, 0.05) is 41.9 Å². The molecule has 156 valence electrons. The van der Waals surface area contributed by atoms with E-state index in [2.05, 4.69) is 15.3 Å². The fourth-order valence-corrected chi connectivity index (χ4v) is 3.60. The lowest BCUT2D eigenvalue weighted by Gasteiger charge is -2.11. The molecule has 0 aliphatic carbocycles. The molecule has 1 N–H and O–H groups in total. The Morgan fingerprint density at radius 1 is 1.13 bits per heavy atom. The van der Waals surface area contributed by atoms with Gasteiger partial charge in [0.2, 0.25) is 0 Å². The number of thiazole rings is 1. The smallest absolute Gasteiger partial charge is 0.257 e. The molecule has 0 unspecified atom stereocenters. The maximum Gasteiger partial charge on any atom is 0.257 e. The maximum absolute atomic E-state index is 12.0. The highest BCUT2D eigenvalue weighted by Crippen LogP contribution is 2.28. The summed E-state index contributed by atoms with van der Waals surface area (Å²) in [5.74, 6) is 0.559. The van der Waals surface area contributed by atoms with Crippen molar-refractivity contribution in [1.82, 2.24) is 15.3 Å². The lowest BCUT2D eigenvalue weighted by molar-refractivity contribution is -0.123. The summed E-state index contributed by atoms with van der Waals surface area (Å²) in [5, 5.41) is 5.90. The maximum atomic E-state index is 12.0. The quantitative estimate of drug-likeness (QED) is 0.395. The summed E-state index contributed by atoms with van der Waals surface area (Å²) in [7, 11) is 1.49. The average Bonchev–Trinajstić information content (AvgIpc) is 3.24. The zero-order valence-electron chi connectivity index (χ0n) is 16.9. The van der Waals surface area contributed by atoms with Crippen LogP contribution in [-0.4, -0.2) is 41.9 Å². The number of benzene rings is 1. The lowest BCUT2D eigenvalue weighted by atomic mass is 10.1. The van der Waals surface area contributed by atoms with Crippen LogP contribution in [0.15, 0.2) is 48.1 Å². The second-order valence-corrected chi connectivity index (χ2v) is 7.47. The van der Waals surface area contributed by atoms with Gasteiger partial charge in [-0.3, -0.25) is 14.6 Å². The minimum Gasteiger partial charge on any atom is -0.493 e. The first kappa shape index (κ1) is 21.4. The monoisotopic (exact) mass is 425 g/mol. The van der Waals surface area contributed by atoms with Gasteiger partial charge >= 0.3 is 0 Å². The highest BCUT2D eigenvalue weighted by atomic mass is 32.1. The molecule has 8 heteroatoms. The number of carbonyl (C=O) groups excluding carboxylic acids is 2. The summed E-state index contributed by atoms with van der Waals surface area (Å²) < 4.78 is 10.8. The van der Waals surface area contributed by atoms with E-state index in [9.17, 15) is 9.59 Å². The summed E-state index contributed by atoms with van der Waals surface area (Å²) in [6.45, 7) is 1.89. The van der Waals surface area contributed by atoms with Gasteiger partial charge in [-0.2, -0.15) is 0 Å². The van der Waals surface area contributed by atoms with Crippen molar-refractivity contribution < 1.29 is 19.1 Å². The number of aromatic nitrogens is 2. The van der Waals surface area contributed by atoms with E-state index in [0.29, 0.717) is 23.6 Å². The van der Waals surface area contributed by atoms with E-state index >= 15 is 0 Å². The summed E-state index contributed by atoms with van der Waals surface area (Å²) >= 11 is 1.61. The van der Waals surface area contributed by atoms with Crippen molar-refractivity contribution >= 4 is 23.0 Å². The molecule has 1 amide bonds. The number of methoxy groups -OCH3 is 1. The van der Waals surface area contributed by atoms with Gasteiger partial charge < -0.3 is 14.8 Å². The largest absolute Gasteiger partial charge is 0.493 e. The Morgan fingerprint density at radius 3 is 2.67 bits per heavy atom. The number of aryl methyl sites for hydroxylation is 1. The number of amides is 1. The number of hydrogen-bond acceptors (Lipinski definition) is 7. The van der Waals surface area contributed by atoms with E-state index in [1.807, 2.05) is 17.5 Å². The Hall–Kier alpha value is -3.26. The number of rotatable bonds is 10. The molecule has 0 fully saturated rings. The molecule has 30 heavy (non-hydrogen) atoms. The first-order chi connectivity index (χ1) is 14.6. The van der Waals surface area contributed by atoms with Crippen molar-refractivity contribution in [2.45, 2.75) is 19.8 Å².